The topological polar surface area (TPSA) is 70.3 Å². The molecule has 7 heteroatoms. The van der Waals surface area contributed by atoms with E-state index in [0.29, 0.717) is 18.4 Å². The maximum atomic E-state index is 13.0. The Bertz CT molecular complexity index is 1050. The van der Waals surface area contributed by atoms with Gasteiger partial charge in [0.2, 0.25) is 0 Å². The van der Waals surface area contributed by atoms with Crippen LogP contribution in [-0.2, 0) is 19.6 Å². The van der Waals surface area contributed by atoms with Gasteiger partial charge in [-0.05, 0) is 50.7 Å². The van der Waals surface area contributed by atoms with Crippen LogP contribution >= 0.6 is 0 Å². The molecule has 1 N–H and O–H groups in total. The van der Waals surface area contributed by atoms with Crippen LogP contribution in [0.1, 0.15) is 29.4 Å². The predicted molar refractivity (Wildman–Crippen MR) is 111 cm³/mol. The van der Waals surface area contributed by atoms with Crippen molar-refractivity contribution in [3.8, 4) is 11.5 Å². The number of rotatable bonds is 5. The molecule has 5 heterocycles. The third-order valence-corrected chi connectivity index (χ3v) is 6.05. The number of pyridine rings is 1. The van der Waals surface area contributed by atoms with Gasteiger partial charge in [0.1, 0.15) is 11.5 Å². The minimum atomic E-state index is 0.189. The molecule has 0 amide bonds. The number of nitrogens with one attached hydrogen (secondary N) is 1. The Morgan fingerprint density at radius 1 is 1.17 bits per heavy atom. The van der Waals surface area contributed by atoms with E-state index in [-0.39, 0.29) is 5.56 Å². The normalized spacial score (nSPS) is 21.5. The van der Waals surface area contributed by atoms with Gasteiger partial charge in [-0.15, -0.1) is 0 Å². The first-order valence-corrected chi connectivity index (χ1v) is 10.2. The van der Waals surface area contributed by atoms with E-state index in [1.54, 1.807) is 6.20 Å². The van der Waals surface area contributed by atoms with E-state index < -0.39 is 0 Å². The van der Waals surface area contributed by atoms with E-state index in [0.717, 1.165) is 49.0 Å². The van der Waals surface area contributed by atoms with Crippen LogP contribution in [0.25, 0.3) is 11.5 Å². The molecule has 7 nitrogen and oxygen atoms in total. The largest absolute Gasteiger partial charge is 0.458 e. The molecule has 2 atom stereocenters. The molecule has 0 spiro atoms. The van der Waals surface area contributed by atoms with Crippen LogP contribution in [0.2, 0.25) is 0 Å². The maximum absolute atomic E-state index is 13.0. The molecule has 0 aliphatic carbocycles. The first-order chi connectivity index (χ1) is 14.1. The van der Waals surface area contributed by atoms with Crippen LogP contribution in [-0.4, -0.2) is 51.7 Å². The zero-order valence-electron chi connectivity index (χ0n) is 17.0. The van der Waals surface area contributed by atoms with Gasteiger partial charge >= 0.3 is 0 Å². The predicted octanol–water partition coefficient (Wildman–Crippen LogP) is 2.51. The molecule has 1 fully saturated rings. The summed E-state index contributed by atoms with van der Waals surface area (Å²) in [5, 5.41) is 6.93. The van der Waals surface area contributed by atoms with Gasteiger partial charge in [-0.2, -0.15) is 5.10 Å². The van der Waals surface area contributed by atoms with Crippen molar-refractivity contribution < 1.29 is 4.42 Å². The number of aromatic nitrogens is 3. The van der Waals surface area contributed by atoms with Crippen LogP contribution in [0, 0.1) is 5.92 Å². The molecular formula is C22H27N5O2. The van der Waals surface area contributed by atoms with Gasteiger partial charge in [0.05, 0.1) is 6.54 Å². The summed E-state index contributed by atoms with van der Waals surface area (Å²) in [6.45, 7) is 4.27. The average molecular weight is 393 g/mol. The standard InChI is InChI=1S/C22H27N5O2/c1-25(2)12-16-3-5-20-17-9-15(11-27(20)22(16)28)10-26(13-17)14-18-4-6-21(29-18)19-7-8-23-24-19/h3-8,15,17H,9-14H2,1-2H3,(H,23,24)/t15-,17+/m0/s1. The molecule has 0 unspecified atom stereocenters. The van der Waals surface area contributed by atoms with Gasteiger partial charge in [-0.1, -0.05) is 6.07 Å². The lowest BCUT2D eigenvalue weighted by Gasteiger charge is -2.42. The maximum Gasteiger partial charge on any atom is 0.255 e. The van der Waals surface area contributed by atoms with Crippen molar-refractivity contribution in [2.45, 2.75) is 32.0 Å². The smallest absolute Gasteiger partial charge is 0.255 e. The summed E-state index contributed by atoms with van der Waals surface area (Å²) in [5.74, 6) is 2.70. The molecule has 1 saturated heterocycles. The first kappa shape index (κ1) is 18.4. The number of furan rings is 1. The average Bonchev–Trinajstić information content (AvgIpc) is 3.36. The first-order valence-electron chi connectivity index (χ1n) is 10.2. The highest BCUT2D eigenvalue weighted by atomic mass is 16.3. The van der Waals surface area contributed by atoms with Crippen molar-refractivity contribution in [2.75, 3.05) is 27.2 Å². The lowest BCUT2D eigenvalue weighted by molar-refractivity contribution is 0.108. The summed E-state index contributed by atoms with van der Waals surface area (Å²) in [4.78, 5) is 17.5. The number of piperidine rings is 1. The Kier molecular flexibility index (Phi) is 4.64. The van der Waals surface area contributed by atoms with Crippen molar-refractivity contribution in [1.82, 2.24) is 24.6 Å². The van der Waals surface area contributed by atoms with Crippen LogP contribution in [0.15, 0.2) is 45.7 Å². The Hall–Kier alpha value is -2.64. The quantitative estimate of drug-likeness (QED) is 0.721. The number of H-pyrrole nitrogens is 1. The summed E-state index contributed by atoms with van der Waals surface area (Å²) in [7, 11) is 4.01. The molecule has 2 aliphatic rings. The fourth-order valence-corrected chi connectivity index (χ4v) is 4.90. The van der Waals surface area contributed by atoms with Gasteiger partial charge in [-0.3, -0.25) is 14.8 Å². The molecule has 29 heavy (non-hydrogen) atoms. The fourth-order valence-electron chi connectivity index (χ4n) is 4.90. The molecule has 2 bridgehead atoms. The molecule has 152 valence electrons. The molecule has 0 radical (unpaired) electrons. The number of hydrogen-bond donors (Lipinski definition) is 1. The highest BCUT2D eigenvalue weighted by molar-refractivity contribution is 5.51. The third kappa shape index (κ3) is 3.56. The molecule has 0 saturated carbocycles. The lowest BCUT2D eigenvalue weighted by atomic mass is 9.83. The molecular weight excluding hydrogens is 366 g/mol. The SMILES string of the molecule is CN(C)Cc1ccc2n(c1=O)C[C@H]1C[C@@H]2CN(Cc2ccc(-c3ccn[nH]3)o2)C1. The monoisotopic (exact) mass is 393 g/mol. The second kappa shape index (κ2) is 7.31. The molecule has 3 aromatic rings. The molecule has 5 rings (SSSR count). The molecule has 2 aliphatic heterocycles. The van der Waals surface area contributed by atoms with E-state index in [9.17, 15) is 4.79 Å². The Morgan fingerprint density at radius 3 is 2.86 bits per heavy atom. The number of likely N-dealkylation sites (tertiary alicyclic amines) is 1. The van der Waals surface area contributed by atoms with Crippen LogP contribution in [0.5, 0.6) is 0 Å². The van der Waals surface area contributed by atoms with Crippen molar-refractivity contribution in [3.05, 3.63) is 63.9 Å². The summed E-state index contributed by atoms with van der Waals surface area (Å²) in [5.41, 5.74) is 3.16. The molecule has 0 aromatic carbocycles. The lowest BCUT2D eigenvalue weighted by Crippen LogP contribution is -2.47. The van der Waals surface area contributed by atoms with E-state index in [4.69, 9.17) is 4.42 Å². The third-order valence-electron chi connectivity index (χ3n) is 6.05. The summed E-state index contributed by atoms with van der Waals surface area (Å²) < 4.78 is 8.06. The highest BCUT2D eigenvalue weighted by Gasteiger charge is 2.35. The Labute approximate surface area is 169 Å². The van der Waals surface area contributed by atoms with Crippen LogP contribution < -0.4 is 5.56 Å². The van der Waals surface area contributed by atoms with Gasteiger partial charge in [-0.25, -0.2) is 0 Å². The van der Waals surface area contributed by atoms with Gasteiger partial charge in [0, 0.05) is 49.6 Å². The highest BCUT2D eigenvalue weighted by Crippen LogP contribution is 2.36. The number of fused-ring (bicyclic) bond motifs is 4. The van der Waals surface area contributed by atoms with Gasteiger partial charge in [0.25, 0.3) is 5.56 Å². The fraction of sp³-hybridized carbons (Fsp3) is 0.455. The zero-order chi connectivity index (χ0) is 20.0. The van der Waals surface area contributed by atoms with E-state index in [1.807, 2.05) is 42.9 Å². The van der Waals surface area contributed by atoms with E-state index in [1.165, 1.54) is 12.1 Å². The van der Waals surface area contributed by atoms with Crippen LogP contribution in [0.4, 0.5) is 0 Å². The van der Waals surface area contributed by atoms with Crippen molar-refractivity contribution in [3.63, 3.8) is 0 Å². The zero-order valence-corrected chi connectivity index (χ0v) is 17.0. The second-order valence-electron chi connectivity index (χ2n) is 8.67. The molecule has 3 aromatic heterocycles. The van der Waals surface area contributed by atoms with Crippen molar-refractivity contribution in [2.24, 2.45) is 5.92 Å². The summed E-state index contributed by atoms with van der Waals surface area (Å²) in [6.07, 6.45) is 2.90. The van der Waals surface area contributed by atoms with Crippen LogP contribution in [0.3, 0.4) is 0 Å². The second-order valence-corrected chi connectivity index (χ2v) is 8.67. The van der Waals surface area contributed by atoms with E-state index in [2.05, 4.69) is 26.1 Å². The van der Waals surface area contributed by atoms with Crippen molar-refractivity contribution in [1.29, 1.82) is 0 Å². The van der Waals surface area contributed by atoms with E-state index >= 15 is 0 Å². The minimum absolute atomic E-state index is 0.189. The summed E-state index contributed by atoms with van der Waals surface area (Å²) in [6, 6.07) is 10.2. The Morgan fingerprint density at radius 2 is 2.07 bits per heavy atom. The summed E-state index contributed by atoms with van der Waals surface area (Å²) >= 11 is 0. The van der Waals surface area contributed by atoms with Gasteiger partial charge < -0.3 is 13.9 Å². The minimum Gasteiger partial charge on any atom is -0.458 e. The van der Waals surface area contributed by atoms with Crippen molar-refractivity contribution >= 4 is 0 Å². The number of hydrogen-bond acceptors (Lipinski definition) is 5. The Balaban J connectivity index is 1.33. The number of aromatic amines is 1. The number of nitrogens with zero attached hydrogens (tertiary/aromatic N) is 4. The van der Waals surface area contributed by atoms with Gasteiger partial charge in [0.15, 0.2) is 5.76 Å².